The predicted octanol–water partition coefficient (Wildman–Crippen LogP) is 2.50. The maximum atomic E-state index is 9.46. The van der Waals surface area contributed by atoms with E-state index in [1.807, 2.05) is 12.3 Å². The third kappa shape index (κ3) is 0.865. The van der Waals surface area contributed by atoms with Crippen LogP contribution in [0.5, 0.6) is 5.75 Å². The Morgan fingerprint density at radius 2 is 2.17 bits per heavy atom. The molecule has 0 aliphatic rings. The number of hydrogen-bond acceptors (Lipinski definition) is 3. The number of hydrogen-bond donors (Lipinski definition) is 2. The zero-order valence-corrected chi connectivity index (χ0v) is 7.48. The molecule has 0 amide bonds. The minimum absolute atomic E-state index is 0.317. The van der Waals surface area contributed by atoms with Gasteiger partial charge >= 0.3 is 0 Å². The summed E-state index contributed by atoms with van der Waals surface area (Å²) >= 11 is 1.52. The monoisotopic (exact) mass is 179 g/mol. The fraction of sp³-hybridized carbons (Fsp3) is 0.111. The average Bonchev–Trinajstić information content (AvgIpc) is 2.42. The smallest absolute Gasteiger partial charge is 0.133 e. The van der Waals surface area contributed by atoms with Gasteiger partial charge in [-0.1, -0.05) is 0 Å². The van der Waals surface area contributed by atoms with Gasteiger partial charge in [0.25, 0.3) is 0 Å². The van der Waals surface area contributed by atoms with Gasteiger partial charge in [0.1, 0.15) is 5.75 Å². The van der Waals surface area contributed by atoms with Gasteiger partial charge in [-0.25, -0.2) is 0 Å². The quantitative estimate of drug-likeness (QED) is 0.482. The lowest BCUT2D eigenvalue weighted by Crippen LogP contribution is -1.85. The number of aromatic hydroxyl groups is 1. The van der Waals surface area contributed by atoms with E-state index in [2.05, 4.69) is 0 Å². The van der Waals surface area contributed by atoms with Gasteiger partial charge in [-0.2, -0.15) is 0 Å². The summed E-state index contributed by atoms with van der Waals surface area (Å²) in [5, 5.41) is 12.5. The lowest BCUT2D eigenvalue weighted by Gasteiger charge is -1.99. The molecule has 12 heavy (non-hydrogen) atoms. The molecule has 0 saturated heterocycles. The van der Waals surface area contributed by atoms with Crippen molar-refractivity contribution in [3.05, 3.63) is 23.1 Å². The predicted molar refractivity (Wildman–Crippen MR) is 52.6 cm³/mol. The fourth-order valence-corrected chi connectivity index (χ4v) is 2.32. The van der Waals surface area contributed by atoms with E-state index in [1.54, 1.807) is 12.1 Å². The largest absolute Gasteiger partial charge is 0.506 e. The zero-order chi connectivity index (χ0) is 8.72. The number of nitrogen functional groups attached to an aromatic ring is 1. The van der Waals surface area contributed by atoms with Gasteiger partial charge in [0.15, 0.2) is 0 Å². The molecular formula is C9H9NOS. The second-order valence-electron chi connectivity index (χ2n) is 2.80. The molecule has 1 aromatic heterocycles. The maximum absolute atomic E-state index is 9.46. The second-order valence-corrected chi connectivity index (χ2v) is 3.68. The lowest BCUT2D eigenvalue weighted by atomic mass is 10.1. The molecule has 0 bridgehead atoms. The van der Waals surface area contributed by atoms with Crippen LogP contribution in [0.15, 0.2) is 17.5 Å². The summed E-state index contributed by atoms with van der Waals surface area (Å²) in [6.07, 6.45) is 0. The number of nitrogens with two attached hydrogens (primary N) is 1. The van der Waals surface area contributed by atoms with Crippen molar-refractivity contribution in [2.75, 3.05) is 5.73 Å². The van der Waals surface area contributed by atoms with E-state index in [9.17, 15) is 5.11 Å². The van der Waals surface area contributed by atoms with E-state index in [4.69, 9.17) is 5.73 Å². The van der Waals surface area contributed by atoms with Crippen LogP contribution in [0.4, 0.5) is 5.69 Å². The van der Waals surface area contributed by atoms with E-state index < -0.39 is 0 Å². The van der Waals surface area contributed by atoms with Crippen LogP contribution in [0.25, 0.3) is 10.1 Å². The standard InChI is InChI=1S/C9H9NOS/c1-5-4-12-9-7(11)3-2-6(10)8(5)9/h2-4,11H,10H2,1H3. The Labute approximate surface area is 74.3 Å². The van der Waals surface area contributed by atoms with Gasteiger partial charge in [-0.15, -0.1) is 11.3 Å². The summed E-state index contributed by atoms with van der Waals surface area (Å²) in [5.74, 6) is 0.317. The first-order valence-corrected chi connectivity index (χ1v) is 4.53. The molecule has 2 nitrogen and oxygen atoms in total. The number of phenolic OH excluding ortho intramolecular Hbond substituents is 1. The minimum atomic E-state index is 0.317. The molecule has 3 N–H and O–H groups in total. The van der Waals surface area contributed by atoms with Crippen LogP contribution in [0, 0.1) is 6.92 Å². The van der Waals surface area contributed by atoms with E-state index in [1.165, 1.54) is 11.3 Å². The molecule has 0 aliphatic carbocycles. The Morgan fingerprint density at radius 1 is 1.42 bits per heavy atom. The van der Waals surface area contributed by atoms with Gasteiger partial charge in [0, 0.05) is 11.1 Å². The SMILES string of the molecule is Cc1csc2c(O)ccc(N)c12. The molecule has 62 valence electrons. The summed E-state index contributed by atoms with van der Waals surface area (Å²) in [6.45, 7) is 1.99. The van der Waals surface area contributed by atoms with Crippen molar-refractivity contribution >= 4 is 27.1 Å². The van der Waals surface area contributed by atoms with Crippen LogP contribution in [-0.2, 0) is 0 Å². The van der Waals surface area contributed by atoms with Gasteiger partial charge in [-0.05, 0) is 30.0 Å². The summed E-state index contributed by atoms with van der Waals surface area (Å²) in [4.78, 5) is 0. The van der Waals surface area contributed by atoms with Crippen molar-refractivity contribution in [3.63, 3.8) is 0 Å². The van der Waals surface area contributed by atoms with Crippen LogP contribution >= 0.6 is 11.3 Å². The molecule has 0 spiro atoms. The number of rotatable bonds is 0. The Kier molecular flexibility index (Phi) is 1.48. The van der Waals surface area contributed by atoms with Crippen LogP contribution in [0.2, 0.25) is 0 Å². The average molecular weight is 179 g/mol. The van der Waals surface area contributed by atoms with Gasteiger partial charge in [-0.3, -0.25) is 0 Å². The Morgan fingerprint density at radius 3 is 2.83 bits per heavy atom. The van der Waals surface area contributed by atoms with Gasteiger partial charge in [0.2, 0.25) is 0 Å². The van der Waals surface area contributed by atoms with Gasteiger partial charge in [0.05, 0.1) is 4.70 Å². The summed E-state index contributed by atoms with van der Waals surface area (Å²) < 4.78 is 0.882. The molecule has 0 atom stereocenters. The molecule has 0 radical (unpaired) electrons. The van der Waals surface area contributed by atoms with Crippen LogP contribution < -0.4 is 5.73 Å². The van der Waals surface area contributed by atoms with Crippen molar-refractivity contribution in [2.24, 2.45) is 0 Å². The highest BCUT2D eigenvalue weighted by atomic mass is 32.1. The zero-order valence-electron chi connectivity index (χ0n) is 6.66. The Balaban J connectivity index is 2.98. The third-order valence-corrected chi connectivity index (χ3v) is 3.04. The normalized spacial score (nSPS) is 10.8. The first-order valence-electron chi connectivity index (χ1n) is 3.65. The molecule has 0 unspecified atom stereocenters. The van der Waals surface area contributed by atoms with Crippen molar-refractivity contribution in [1.82, 2.24) is 0 Å². The molecule has 2 rings (SSSR count). The number of fused-ring (bicyclic) bond motifs is 1. The highest BCUT2D eigenvalue weighted by Crippen LogP contribution is 2.36. The maximum Gasteiger partial charge on any atom is 0.133 e. The number of aryl methyl sites for hydroxylation is 1. The molecule has 0 aliphatic heterocycles. The van der Waals surface area contributed by atoms with E-state index >= 15 is 0 Å². The van der Waals surface area contributed by atoms with Crippen molar-refractivity contribution in [1.29, 1.82) is 0 Å². The topological polar surface area (TPSA) is 46.2 Å². The first kappa shape index (κ1) is 7.43. The fourth-order valence-electron chi connectivity index (χ4n) is 1.32. The number of anilines is 1. The highest BCUT2D eigenvalue weighted by Gasteiger charge is 2.06. The molecule has 3 heteroatoms. The van der Waals surface area contributed by atoms with Crippen LogP contribution in [0.1, 0.15) is 5.56 Å². The van der Waals surface area contributed by atoms with Crippen molar-refractivity contribution < 1.29 is 5.11 Å². The van der Waals surface area contributed by atoms with E-state index in [0.717, 1.165) is 21.3 Å². The first-order chi connectivity index (χ1) is 5.70. The molecule has 1 heterocycles. The summed E-state index contributed by atoms with van der Waals surface area (Å²) in [6, 6.07) is 3.37. The van der Waals surface area contributed by atoms with Crippen LogP contribution in [-0.4, -0.2) is 5.11 Å². The lowest BCUT2D eigenvalue weighted by molar-refractivity contribution is 0.482. The second kappa shape index (κ2) is 2.38. The molecule has 0 fully saturated rings. The molecule has 1 aromatic carbocycles. The van der Waals surface area contributed by atoms with Gasteiger partial charge < -0.3 is 10.8 Å². The van der Waals surface area contributed by atoms with Crippen molar-refractivity contribution in [3.8, 4) is 5.75 Å². The summed E-state index contributed by atoms with van der Waals surface area (Å²) in [5.41, 5.74) is 7.63. The van der Waals surface area contributed by atoms with E-state index in [0.29, 0.717) is 5.75 Å². The Bertz CT molecular complexity index is 433. The number of phenols is 1. The highest BCUT2D eigenvalue weighted by molar-refractivity contribution is 7.17. The van der Waals surface area contributed by atoms with E-state index in [-0.39, 0.29) is 0 Å². The Hall–Kier alpha value is -1.22. The molecule has 2 aromatic rings. The molecule has 0 saturated carbocycles. The van der Waals surface area contributed by atoms with Crippen LogP contribution in [0.3, 0.4) is 0 Å². The number of benzene rings is 1. The third-order valence-electron chi connectivity index (χ3n) is 1.92. The summed E-state index contributed by atoms with van der Waals surface area (Å²) in [7, 11) is 0. The minimum Gasteiger partial charge on any atom is -0.506 e. The van der Waals surface area contributed by atoms with Crippen molar-refractivity contribution in [2.45, 2.75) is 6.92 Å². The number of thiophene rings is 1. The molecular weight excluding hydrogens is 170 g/mol.